The minimum absolute atomic E-state index is 0.0677. The monoisotopic (exact) mass is 296 g/mol. The Labute approximate surface area is 108 Å². The first-order chi connectivity index (χ1) is 8.23. The predicted octanol–water partition coefficient (Wildman–Crippen LogP) is -0.765. The molecular formula is C10H20N2O4S2. The number of sulfonamides is 1. The normalized spacial score (nSPS) is 33.6. The smallest absolute Gasteiger partial charge is 0.215 e. The van der Waals surface area contributed by atoms with E-state index in [4.69, 9.17) is 0 Å². The van der Waals surface area contributed by atoms with Crippen molar-refractivity contribution in [3.05, 3.63) is 0 Å². The molecule has 0 bridgehead atoms. The van der Waals surface area contributed by atoms with Gasteiger partial charge in [0.15, 0.2) is 9.84 Å². The van der Waals surface area contributed by atoms with Gasteiger partial charge in [0.1, 0.15) is 0 Å². The third-order valence-corrected chi connectivity index (χ3v) is 7.65. The van der Waals surface area contributed by atoms with E-state index in [2.05, 4.69) is 10.0 Å². The predicted molar refractivity (Wildman–Crippen MR) is 69.6 cm³/mol. The topological polar surface area (TPSA) is 92.3 Å². The van der Waals surface area contributed by atoms with E-state index in [9.17, 15) is 16.8 Å². The second-order valence-electron chi connectivity index (χ2n) is 5.50. The summed E-state index contributed by atoms with van der Waals surface area (Å²) in [6.07, 6.45) is 1.52. The molecule has 0 aliphatic carbocycles. The lowest BCUT2D eigenvalue weighted by Gasteiger charge is -2.29. The summed E-state index contributed by atoms with van der Waals surface area (Å²) in [6, 6.07) is 0. The van der Waals surface area contributed by atoms with Crippen LogP contribution in [0.1, 0.15) is 26.2 Å². The van der Waals surface area contributed by atoms with Gasteiger partial charge in [0.25, 0.3) is 0 Å². The summed E-state index contributed by atoms with van der Waals surface area (Å²) < 4.78 is 50.0. The van der Waals surface area contributed by atoms with E-state index in [0.29, 0.717) is 32.4 Å². The van der Waals surface area contributed by atoms with E-state index < -0.39 is 30.6 Å². The summed E-state index contributed by atoms with van der Waals surface area (Å²) in [5, 5.41) is 2.71. The molecule has 2 saturated heterocycles. The third-order valence-electron chi connectivity index (χ3n) is 3.62. The van der Waals surface area contributed by atoms with Crippen molar-refractivity contribution in [3.8, 4) is 0 Å². The van der Waals surface area contributed by atoms with Crippen molar-refractivity contribution >= 4 is 19.9 Å². The van der Waals surface area contributed by atoms with Crippen molar-refractivity contribution in [2.75, 3.05) is 24.6 Å². The number of nitrogens with one attached hydrogen (secondary N) is 2. The van der Waals surface area contributed by atoms with Crippen LogP contribution in [0, 0.1) is 0 Å². The molecule has 2 heterocycles. The molecule has 0 radical (unpaired) electrons. The molecule has 1 atom stereocenters. The Hall–Kier alpha value is -0.180. The molecule has 18 heavy (non-hydrogen) atoms. The summed E-state index contributed by atoms with van der Waals surface area (Å²) in [4.78, 5) is 0. The average Bonchev–Trinajstić information content (AvgIpc) is 2.53. The van der Waals surface area contributed by atoms with Crippen LogP contribution in [0.3, 0.4) is 0 Å². The van der Waals surface area contributed by atoms with Crippen molar-refractivity contribution in [3.63, 3.8) is 0 Å². The van der Waals surface area contributed by atoms with Gasteiger partial charge in [-0.3, -0.25) is 0 Å². The molecule has 2 aliphatic rings. The first kappa shape index (κ1) is 14.2. The Morgan fingerprint density at radius 3 is 2.39 bits per heavy atom. The molecule has 2 N–H and O–H groups in total. The molecule has 0 spiro atoms. The van der Waals surface area contributed by atoms with Crippen LogP contribution in [-0.4, -0.2) is 52.2 Å². The van der Waals surface area contributed by atoms with Crippen LogP contribution in [0.25, 0.3) is 0 Å². The Morgan fingerprint density at radius 1 is 1.28 bits per heavy atom. The lowest BCUT2D eigenvalue weighted by atomic mass is 10.0. The fourth-order valence-corrected chi connectivity index (χ4v) is 6.69. The zero-order chi connectivity index (χ0) is 13.4. The van der Waals surface area contributed by atoms with Crippen molar-refractivity contribution in [1.82, 2.24) is 10.0 Å². The molecule has 1 unspecified atom stereocenters. The van der Waals surface area contributed by atoms with Crippen LogP contribution in [0.4, 0.5) is 0 Å². The van der Waals surface area contributed by atoms with Gasteiger partial charge >= 0.3 is 0 Å². The maximum absolute atomic E-state index is 12.2. The second kappa shape index (κ2) is 4.73. The molecule has 2 rings (SSSR count). The summed E-state index contributed by atoms with van der Waals surface area (Å²) in [6.45, 7) is 3.07. The van der Waals surface area contributed by atoms with E-state index in [1.54, 1.807) is 6.92 Å². The van der Waals surface area contributed by atoms with Gasteiger partial charge in [-0.15, -0.1) is 0 Å². The fraction of sp³-hybridized carbons (Fsp3) is 1.00. The molecule has 6 nitrogen and oxygen atoms in total. The summed E-state index contributed by atoms with van der Waals surface area (Å²) in [7, 11) is -6.53. The Bertz CT molecular complexity index is 508. The van der Waals surface area contributed by atoms with Gasteiger partial charge in [-0.2, -0.15) is 0 Å². The molecule has 106 valence electrons. The van der Waals surface area contributed by atoms with Gasteiger partial charge in [-0.05, 0) is 39.3 Å². The molecule has 8 heteroatoms. The van der Waals surface area contributed by atoms with Crippen LogP contribution in [0.5, 0.6) is 0 Å². The van der Waals surface area contributed by atoms with Crippen molar-refractivity contribution < 1.29 is 16.8 Å². The molecular weight excluding hydrogens is 276 g/mol. The standard InChI is InChI=1S/C10H20N2O4S2/c1-10(4-7-17(13,14)8-10)12-18(15,16)9-2-5-11-6-3-9/h9,11-12H,2-8H2,1H3. The van der Waals surface area contributed by atoms with Gasteiger partial charge in [0, 0.05) is 5.54 Å². The molecule has 0 aromatic rings. The van der Waals surface area contributed by atoms with Crippen molar-refractivity contribution in [2.45, 2.75) is 37.0 Å². The van der Waals surface area contributed by atoms with Gasteiger partial charge in [0.2, 0.25) is 10.0 Å². The fourth-order valence-electron chi connectivity index (χ4n) is 2.62. The highest BCUT2D eigenvalue weighted by Crippen LogP contribution is 2.25. The number of rotatable bonds is 3. The highest BCUT2D eigenvalue weighted by atomic mass is 32.2. The second-order valence-corrected chi connectivity index (χ2v) is 9.64. The SMILES string of the molecule is CC1(NS(=O)(=O)C2CCNCC2)CCS(=O)(=O)C1. The highest BCUT2D eigenvalue weighted by Gasteiger charge is 2.42. The van der Waals surface area contributed by atoms with Crippen LogP contribution in [-0.2, 0) is 19.9 Å². The lowest BCUT2D eigenvalue weighted by molar-refractivity contribution is 0.439. The Morgan fingerprint density at radius 2 is 1.89 bits per heavy atom. The molecule has 0 aromatic heterocycles. The maximum Gasteiger partial charge on any atom is 0.215 e. The summed E-state index contributed by atoms with van der Waals surface area (Å²) >= 11 is 0. The first-order valence-electron chi connectivity index (χ1n) is 6.16. The summed E-state index contributed by atoms with van der Waals surface area (Å²) in [5.74, 6) is -0.0254. The Balaban J connectivity index is 2.08. The largest absolute Gasteiger partial charge is 0.317 e. The number of piperidine rings is 1. The van der Waals surface area contributed by atoms with E-state index in [1.807, 2.05) is 0 Å². The van der Waals surface area contributed by atoms with E-state index in [0.717, 1.165) is 0 Å². The first-order valence-corrected chi connectivity index (χ1v) is 9.53. The number of hydrogen-bond donors (Lipinski definition) is 2. The van der Waals surface area contributed by atoms with Crippen LogP contribution in [0.2, 0.25) is 0 Å². The van der Waals surface area contributed by atoms with Gasteiger partial charge in [0.05, 0.1) is 16.8 Å². The zero-order valence-corrected chi connectivity index (χ0v) is 12.1. The molecule has 2 aliphatic heterocycles. The van der Waals surface area contributed by atoms with Crippen LogP contribution in [0.15, 0.2) is 0 Å². The zero-order valence-electron chi connectivity index (χ0n) is 10.5. The highest BCUT2D eigenvalue weighted by molar-refractivity contribution is 7.92. The third kappa shape index (κ3) is 3.23. The lowest BCUT2D eigenvalue weighted by Crippen LogP contribution is -2.51. The minimum Gasteiger partial charge on any atom is -0.317 e. The minimum atomic E-state index is -3.43. The number of hydrogen-bond acceptors (Lipinski definition) is 5. The molecule has 0 saturated carbocycles. The van der Waals surface area contributed by atoms with E-state index in [-0.39, 0.29) is 11.5 Å². The Kier molecular flexibility index (Phi) is 3.74. The maximum atomic E-state index is 12.2. The molecule has 0 aromatic carbocycles. The van der Waals surface area contributed by atoms with Crippen molar-refractivity contribution in [1.29, 1.82) is 0 Å². The number of sulfone groups is 1. The quantitative estimate of drug-likeness (QED) is 0.714. The summed E-state index contributed by atoms with van der Waals surface area (Å²) in [5.41, 5.74) is -0.831. The van der Waals surface area contributed by atoms with Gasteiger partial charge in [-0.25, -0.2) is 21.6 Å². The van der Waals surface area contributed by atoms with Crippen LogP contribution < -0.4 is 10.0 Å². The van der Waals surface area contributed by atoms with Crippen LogP contribution >= 0.6 is 0 Å². The van der Waals surface area contributed by atoms with Gasteiger partial charge in [-0.1, -0.05) is 0 Å². The van der Waals surface area contributed by atoms with Crippen molar-refractivity contribution in [2.24, 2.45) is 0 Å². The average molecular weight is 296 g/mol. The molecule has 0 amide bonds. The van der Waals surface area contributed by atoms with E-state index in [1.165, 1.54) is 0 Å². The molecule has 2 fully saturated rings. The van der Waals surface area contributed by atoms with Gasteiger partial charge < -0.3 is 5.32 Å². The van der Waals surface area contributed by atoms with E-state index >= 15 is 0 Å².